The Morgan fingerprint density at radius 3 is 2.69 bits per heavy atom. The molecule has 1 aliphatic heterocycles. The van der Waals surface area contributed by atoms with Crippen molar-refractivity contribution in [3.8, 4) is 17.2 Å². The van der Waals surface area contributed by atoms with E-state index in [0.29, 0.717) is 23.0 Å². The van der Waals surface area contributed by atoms with Gasteiger partial charge in [0.25, 0.3) is 15.9 Å². The predicted molar refractivity (Wildman–Crippen MR) is 107 cm³/mol. The van der Waals surface area contributed by atoms with Crippen molar-refractivity contribution in [2.45, 2.75) is 4.90 Å². The van der Waals surface area contributed by atoms with Crippen LogP contribution in [0.1, 0.15) is 10.4 Å². The molecule has 8 nitrogen and oxygen atoms in total. The standard InChI is InChI=1S/C20H17N3O5S/c1-23-19-18(7-4-10-21-19)28-17-9-8-15(12-16(17)20(23)24)29(25,26)22-13-5-3-6-14(11-13)27-2/h3-12,22H,1-2H3. The Morgan fingerprint density at radius 2 is 1.90 bits per heavy atom. The number of pyridine rings is 1. The van der Waals surface area contributed by atoms with E-state index < -0.39 is 15.9 Å². The minimum atomic E-state index is -3.94. The molecule has 4 rings (SSSR count). The molecule has 9 heteroatoms. The van der Waals surface area contributed by atoms with Crippen LogP contribution in [0.3, 0.4) is 0 Å². The van der Waals surface area contributed by atoms with Crippen molar-refractivity contribution in [1.82, 2.24) is 4.98 Å². The molecular formula is C20H17N3O5S. The molecule has 1 aromatic heterocycles. The minimum Gasteiger partial charge on any atom is -0.497 e. The number of benzene rings is 2. The van der Waals surface area contributed by atoms with Gasteiger partial charge in [-0.25, -0.2) is 13.4 Å². The maximum absolute atomic E-state index is 12.9. The van der Waals surface area contributed by atoms with Crippen LogP contribution in [0.5, 0.6) is 17.2 Å². The maximum Gasteiger partial charge on any atom is 0.263 e. The van der Waals surface area contributed by atoms with Crippen LogP contribution in [0.15, 0.2) is 65.7 Å². The zero-order valence-electron chi connectivity index (χ0n) is 15.6. The zero-order chi connectivity index (χ0) is 20.6. The lowest BCUT2D eigenvalue weighted by Crippen LogP contribution is -2.26. The summed E-state index contributed by atoms with van der Waals surface area (Å²) in [5, 5.41) is 0. The molecule has 1 N–H and O–H groups in total. The van der Waals surface area contributed by atoms with Gasteiger partial charge in [-0.05, 0) is 42.5 Å². The van der Waals surface area contributed by atoms with E-state index in [1.807, 2.05) is 0 Å². The van der Waals surface area contributed by atoms with Crippen LogP contribution in [0, 0.1) is 0 Å². The number of methoxy groups -OCH3 is 1. The molecule has 0 radical (unpaired) electrons. The average Bonchev–Trinajstić information content (AvgIpc) is 2.82. The summed E-state index contributed by atoms with van der Waals surface area (Å²) < 4.78 is 39.1. The first-order valence-electron chi connectivity index (χ1n) is 8.61. The van der Waals surface area contributed by atoms with Gasteiger partial charge in [0.05, 0.1) is 23.3 Å². The van der Waals surface area contributed by atoms with Crippen LogP contribution in [0.25, 0.3) is 0 Å². The normalized spacial score (nSPS) is 13.0. The third-order valence-electron chi connectivity index (χ3n) is 4.41. The summed E-state index contributed by atoms with van der Waals surface area (Å²) in [6, 6.07) is 14.1. The number of ether oxygens (including phenoxy) is 2. The van der Waals surface area contributed by atoms with Crippen molar-refractivity contribution >= 4 is 27.4 Å². The molecule has 0 aliphatic carbocycles. The Bertz CT molecular complexity index is 1210. The SMILES string of the molecule is COc1cccc(NS(=O)(=O)c2ccc3c(c2)C(=O)N(C)c2ncccc2O3)c1. The first-order valence-corrected chi connectivity index (χ1v) is 10.1. The Kier molecular flexibility index (Phi) is 4.59. The summed E-state index contributed by atoms with van der Waals surface area (Å²) in [5.41, 5.74) is 0.467. The number of hydrogen-bond acceptors (Lipinski definition) is 6. The summed E-state index contributed by atoms with van der Waals surface area (Å²) in [4.78, 5) is 18.3. The van der Waals surface area contributed by atoms with Gasteiger partial charge in [-0.2, -0.15) is 0 Å². The molecule has 3 aromatic rings. The fourth-order valence-corrected chi connectivity index (χ4v) is 4.02. The zero-order valence-corrected chi connectivity index (χ0v) is 16.4. The Hall–Kier alpha value is -3.59. The highest BCUT2D eigenvalue weighted by atomic mass is 32.2. The molecule has 148 valence electrons. The van der Waals surface area contributed by atoms with Gasteiger partial charge in [-0.1, -0.05) is 6.07 Å². The van der Waals surface area contributed by atoms with Crippen molar-refractivity contribution in [1.29, 1.82) is 0 Å². The molecule has 0 atom stereocenters. The number of carbonyl (C=O) groups excluding carboxylic acids is 1. The third-order valence-corrected chi connectivity index (χ3v) is 5.79. The molecule has 0 saturated heterocycles. The summed E-state index contributed by atoms with van der Waals surface area (Å²) in [6.07, 6.45) is 1.55. The third kappa shape index (κ3) is 3.47. The van der Waals surface area contributed by atoms with Crippen molar-refractivity contribution in [3.63, 3.8) is 0 Å². The Balaban J connectivity index is 1.72. The van der Waals surface area contributed by atoms with Crippen molar-refractivity contribution in [3.05, 3.63) is 66.4 Å². The lowest BCUT2D eigenvalue weighted by atomic mass is 10.2. The summed E-state index contributed by atoms with van der Waals surface area (Å²) in [6.45, 7) is 0. The Morgan fingerprint density at radius 1 is 1.07 bits per heavy atom. The maximum atomic E-state index is 12.9. The fourth-order valence-electron chi connectivity index (χ4n) is 2.94. The molecule has 29 heavy (non-hydrogen) atoms. The van der Waals surface area contributed by atoms with E-state index in [-0.39, 0.29) is 16.2 Å². The van der Waals surface area contributed by atoms with Gasteiger partial charge in [0.2, 0.25) is 0 Å². The number of anilines is 2. The van der Waals surface area contributed by atoms with E-state index in [1.54, 1.807) is 49.6 Å². The number of hydrogen-bond donors (Lipinski definition) is 1. The molecule has 0 unspecified atom stereocenters. The number of sulfonamides is 1. The Labute approximate surface area is 167 Å². The number of aromatic nitrogens is 1. The van der Waals surface area contributed by atoms with Crippen LogP contribution in [-0.2, 0) is 10.0 Å². The second-order valence-electron chi connectivity index (χ2n) is 6.29. The van der Waals surface area contributed by atoms with Gasteiger partial charge in [0.1, 0.15) is 11.5 Å². The van der Waals surface area contributed by atoms with Crippen LogP contribution < -0.4 is 19.1 Å². The first kappa shape index (κ1) is 18.8. The molecular weight excluding hydrogens is 394 g/mol. The second-order valence-corrected chi connectivity index (χ2v) is 7.97. The van der Waals surface area contributed by atoms with Gasteiger partial charge in [0, 0.05) is 19.3 Å². The van der Waals surface area contributed by atoms with Crippen LogP contribution >= 0.6 is 0 Å². The number of fused-ring (bicyclic) bond motifs is 2. The van der Waals surface area contributed by atoms with E-state index in [2.05, 4.69) is 9.71 Å². The van der Waals surface area contributed by atoms with Gasteiger partial charge in [-0.15, -0.1) is 0 Å². The second kappa shape index (κ2) is 7.10. The van der Waals surface area contributed by atoms with Crippen molar-refractivity contribution in [2.75, 3.05) is 23.8 Å². The highest BCUT2D eigenvalue weighted by Crippen LogP contribution is 2.37. The molecule has 1 amide bonds. The topological polar surface area (TPSA) is 97.8 Å². The molecule has 0 spiro atoms. The van der Waals surface area contributed by atoms with Gasteiger partial charge in [0.15, 0.2) is 11.6 Å². The number of amides is 1. The minimum absolute atomic E-state index is 0.0664. The first-order chi connectivity index (χ1) is 13.9. The fraction of sp³-hybridized carbons (Fsp3) is 0.100. The largest absolute Gasteiger partial charge is 0.497 e. The number of carbonyl (C=O) groups is 1. The lowest BCUT2D eigenvalue weighted by Gasteiger charge is -2.14. The number of rotatable bonds is 4. The van der Waals surface area contributed by atoms with Gasteiger partial charge < -0.3 is 9.47 Å². The number of nitrogens with zero attached hydrogens (tertiary/aromatic N) is 2. The predicted octanol–water partition coefficient (Wildman–Crippen LogP) is 3.27. The molecule has 2 aromatic carbocycles. The molecule has 1 aliphatic rings. The van der Waals surface area contributed by atoms with Crippen molar-refractivity contribution < 1.29 is 22.7 Å². The molecule has 0 saturated carbocycles. The lowest BCUT2D eigenvalue weighted by molar-refractivity contribution is 0.0992. The van der Waals surface area contributed by atoms with Crippen molar-refractivity contribution in [2.24, 2.45) is 0 Å². The quantitative estimate of drug-likeness (QED) is 0.708. The number of nitrogens with one attached hydrogen (secondary N) is 1. The molecule has 2 heterocycles. The summed E-state index contributed by atoms with van der Waals surface area (Å²) in [7, 11) is -0.887. The van der Waals surface area contributed by atoms with Crippen LogP contribution in [-0.4, -0.2) is 33.5 Å². The summed E-state index contributed by atoms with van der Waals surface area (Å²) >= 11 is 0. The average molecular weight is 411 g/mol. The highest BCUT2D eigenvalue weighted by molar-refractivity contribution is 7.92. The smallest absolute Gasteiger partial charge is 0.263 e. The highest BCUT2D eigenvalue weighted by Gasteiger charge is 2.28. The molecule has 0 fully saturated rings. The van der Waals surface area contributed by atoms with E-state index in [0.717, 1.165) is 0 Å². The van der Waals surface area contributed by atoms with Crippen LogP contribution in [0.4, 0.5) is 11.5 Å². The van der Waals surface area contributed by atoms with Gasteiger partial charge >= 0.3 is 0 Å². The van der Waals surface area contributed by atoms with Crippen LogP contribution in [0.2, 0.25) is 0 Å². The summed E-state index contributed by atoms with van der Waals surface area (Å²) in [5.74, 6) is 1.12. The van der Waals surface area contributed by atoms with E-state index in [1.165, 1.54) is 30.2 Å². The monoisotopic (exact) mass is 411 g/mol. The van der Waals surface area contributed by atoms with E-state index in [4.69, 9.17) is 9.47 Å². The van der Waals surface area contributed by atoms with E-state index in [9.17, 15) is 13.2 Å². The molecule has 0 bridgehead atoms. The van der Waals surface area contributed by atoms with Gasteiger partial charge in [-0.3, -0.25) is 14.4 Å². The van der Waals surface area contributed by atoms with E-state index >= 15 is 0 Å².